The molecule has 2 rings (SSSR count). The number of hydrogen-bond donors (Lipinski definition) is 1. The fourth-order valence-corrected chi connectivity index (χ4v) is 2.82. The molecule has 1 heterocycles. The summed E-state index contributed by atoms with van der Waals surface area (Å²) in [5.74, 6) is 0.0611. The molecule has 1 aromatic rings. The van der Waals surface area contributed by atoms with Crippen molar-refractivity contribution in [2.45, 2.75) is 32.2 Å². The smallest absolute Gasteiger partial charge is 0.321 e. The maximum atomic E-state index is 11.2. The summed E-state index contributed by atoms with van der Waals surface area (Å²) in [6.07, 6.45) is 3.05. The largest absolute Gasteiger partial charge is 0.480 e. The van der Waals surface area contributed by atoms with Crippen molar-refractivity contribution in [2.24, 2.45) is 5.92 Å². The topological polar surface area (TPSA) is 43.8 Å². The first kappa shape index (κ1) is 15.8. The summed E-state index contributed by atoms with van der Waals surface area (Å²) >= 11 is 0. The summed E-state index contributed by atoms with van der Waals surface area (Å²) in [4.78, 5) is 15.4. The van der Waals surface area contributed by atoms with Gasteiger partial charge in [0.05, 0.1) is 0 Å². The van der Waals surface area contributed by atoms with Crippen molar-refractivity contribution in [3.63, 3.8) is 0 Å². The first-order valence-electron chi connectivity index (χ1n) is 7.70. The predicted octanol–water partition coefficient (Wildman–Crippen LogP) is 2.48. The van der Waals surface area contributed by atoms with E-state index >= 15 is 0 Å². The van der Waals surface area contributed by atoms with Crippen molar-refractivity contribution in [1.82, 2.24) is 4.90 Å². The molecule has 1 unspecified atom stereocenters. The van der Waals surface area contributed by atoms with E-state index in [-0.39, 0.29) is 0 Å². The summed E-state index contributed by atoms with van der Waals surface area (Å²) < 4.78 is 0. The van der Waals surface area contributed by atoms with Crippen LogP contribution in [0.15, 0.2) is 24.3 Å². The second-order valence-electron chi connectivity index (χ2n) is 6.36. The summed E-state index contributed by atoms with van der Waals surface area (Å²) in [5, 5.41) is 9.24. The molecular formula is C17H26N2O2. The van der Waals surface area contributed by atoms with Crippen LogP contribution >= 0.6 is 0 Å². The number of carbonyl (C=O) groups is 1. The molecule has 0 aromatic heterocycles. The Morgan fingerprint density at radius 3 is 2.33 bits per heavy atom. The zero-order chi connectivity index (χ0) is 15.4. The lowest BCUT2D eigenvalue weighted by molar-refractivity contribution is -0.142. The van der Waals surface area contributed by atoms with Gasteiger partial charge in [-0.25, -0.2) is 0 Å². The van der Waals surface area contributed by atoms with Crippen LogP contribution in [0.1, 0.15) is 25.3 Å². The van der Waals surface area contributed by atoms with Crippen LogP contribution in [0.25, 0.3) is 0 Å². The third-order valence-electron chi connectivity index (χ3n) is 4.42. The van der Waals surface area contributed by atoms with Crippen LogP contribution in [0, 0.1) is 5.92 Å². The molecule has 21 heavy (non-hydrogen) atoms. The number of likely N-dealkylation sites (N-methyl/N-ethyl adjacent to an activating group) is 1. The van der Waals surface area contributed by atoms with Crippen LogP contribution in [0.2, 0.25) is 0 Å². The number of rotatable bonds is 5. The number of aliphatic carboxylic acids is 1. The van der Waals surface area contributed by atoms with Gasteiger partial charge < -0.3 is 10.0 Å². The zero-order valence-corrected chi connectivity index (χ0v) is 13.2. The molecule has 0 bridgehead atoms. The van der Waals surface area contributed by atoms with E-state index in [1.807, 2.05) is 14.1 Å². The number of hydrogen-bond acceptors (Lipinski definition) is 3. The minimum atomic E-state index is -0.769. The Labute approximate surface area is 127 Å². The van der Waals surface area contributed by atoms with E-state index in [0.29, 0.717) is 6.42 Å². The Morgan fingerprint density at radius 1 is 1.29 bits per heavy atom. The Hall–Kier alpha value is -1.55. The van der Waals surface area contributed by atoms with E-state index in [9.17, 15) is 9.90 Å². The number of benzene rings is 1. The van der Waals surface area contributed by atoms with Crippen LogP contribution in [0.5, 0.6) is 0 Å². The highest BCUT2D eigenvalue weighted by atomic mass is 16.4. The Balaban J connectivity index is 2.00. The second-order valence-corrected chi connectivity index (χ2v) is 6.36. The predicted molar refractivity (Wildman–Crippen MR) is 85.9 cm³/mol. The summed E-state index contributed by atoms with van der Waals surface area (Å²) in [7, 11) is 3.62. The van der Waals surface area contributed by atoms with Crippen molar-refractivity contribution >= 4 is 11.7 Å². The standard InChI is InChI=1S/C17H26N2O2/c1-13-8-10-19(11-9-13)15-6-4-14(5-7-15)12-16(17(20)21)18(2)3/h4-7,13,16H,8-12H2,1-3H3,(H,20,21). The van der Waals surface area contributed by atoms with Gasteiger partial charge >= 0.3 is 5.97 Å². The quantitative estimate of drug-likeness (QED) is 0.905. The second kappa shape index (κ2) is 6.94. The molecule has 1 aliphatic rings. The van der Waals surface area contributed by atoms with Crippen molar-refractivity contribution in [3.8, 4) is 0 Å². The molecule has 1 saturated heterocycles. The van der Waals surface area contributed by atoms with Crippen LogP contribution in [0.3, 0.4) is 0 Å². The van der Waals surface area contributed by atoms with Gasteiger partial charge in [-0.15, -0.1) is 0 Å². The van der Waals surface area contributed by atoms with Gasteiger partial charge in [-0.1, -0.05) is 19.1 Å². The minimum absolute atomic E-state index is 0.466. The van der Waals surface area contributed by atoms with Gasteiger partial charge in [-0.2, -0.15) is 0 Å². The van der Waals surface area contributed by atoms with Gasteiger partial charge in [-0.05, 0) is 57.0 Å². The average Bonchev–Trinajstić information content (AvgIpc) is 2.45. The maximum Gasteiger partial charge on any atom is 0.321 e. The lowest BCUT2D eigenvalue weighted by Crippen LogP contribution is -2.37. The van der Waals surface area contributed by atoms with Crippen molar-refractivity contribution in [3.05, 3.63) is 29.8 Å². The minimum Gasteiger partial charge on any atom is -0.480 e. The van der Waals surface area contributed by atoms with Crippen LogP contribution < -0.4 is 4.90 Å². The van der Waals surface area contributed by atoms with Gasteiger partial charge in [0.25, 0.3) is 0 Å². The van der Waals surface area contributed by atoms with Crippen molar-refractivity contribution < 1.29 is 9.90 Å². The maximum absolute atomic E-state index is 11.2. The molecule has 4 nitrogen and oxygen atoms in total. The highest BCUT2D eigenvalue weighted by molar-refractivity contribution is 5.73. The lowest BCUT2D eigenvalue weighted by atomic mass is 9.98. The molecule has 1 aromatic carbocycles. The normalized spacial score (nSPS) is 18.0. The van der Waals surface area contributed by atoms with Crippen molar-refractivity contribution in [2.75, 3.05) is 32.1 Å². The van der Waals surface area contributed by atoms with Crippen LogP contribution in [0.4, 0.5) is 5.69 Å². The third kappa shape index (κ3) is 4.21. The van der Waals surface area contributed by atoms with E-state index in [2.05, 4.69) is 36.1 Å². The lowest BCUT2D eigenvalue weighted by Gasteiger charge is -2.32. The van der Waals surface area contributed by atoms with Gasteiger partial charge in [0.2, 0.25) is 0 Å². The SMILES string of the molecule is CC1CCN(c2ccc(CC(C(=O)O)N(C)C)cc2)CC1. The number of carboxylic acid groups (broad SMARTS) is 1. The summed E-state index contributed by atoms with van der Waals surface area (Å²) in [6, 6.07) is 7.91. The van der Waals surface area contributed by atoms with E-state index in [0.717, 1.165) is 24.6 Å². The molecule has 1 N–H and O–H groups in total. The van der Waals surface area contributed by atoms with E-state index in [4.69, 9.17) is 0 Å². The summed E-state index contributed by atoms with van der Waals surface area (Å²) in [6.45, 7) is 4.56. The van der Waals surface area contributed by atoms with E-state index in [1.54, 1.807) is 4.90 Å². The van der Waals surface area contributed by atoms with E-state index in [1.165, 1.54) is 18.5 Å². The Morgan fingerprint density at radius 2 is 1.86 bits per heavy atom. The monoisotopic (exact) mass is 290 g/mol. The van der Waals surface area contributed by atoms with Gasteiger partial charge in [0, 0.05) is 18.8 Å². The first-order chi connectivity index (χ1) is 9.97. The molecule has 0 aliphatic carbocycles. The molecular weight excluding hydrogens is 264 g/mol. The molecule has 116 valence electrons. The number of nitrogens with zero attached hydrogens (tertiary/aromatic N) is 2. The van der Waals surface area contributed by atoms with Crippen LogP contribution in [-0.4, -0.2) is 49.2 Å². The first-order valence-corrected chi connectivity index (χ1v) is 7.70. The Bertz CT molecular complexity index is 462. The van der Waals surface area contributed by atoms with Gasteiger partial charge in [0.1, 0.15) is 6.04 Å². The van der Waals surface area contributed by atoms with Gasteiger partial charge in [0.15, 0.2) is 0 Å². The number of piperidine rings is 1. The molecule has 1 fully saturated rings. The highest BCUT2D eigenvalue weighted by Crippen LogP contribution is 2.23. The fraction of sp³-hybridized carbons (Fsp3) is 0.588. The summed E-state index contributed by atoms with van der Waals surface area (Å²) in [5.41, 5.74) is 2.33. The average molecular weight is 290 g/mol. The molecule has 0 radical (unpaired) electrons. The third-order valence-corrected chi connectivity index (χ3v) is 4.42. The van der Waals surface area contributed by atoms with Crippen LogP contribution in [-0.2, 0) is 11.2 Å². The zero-order valence-electron chi connectivity index (χ0n) is 13.2. The van der Waals surface area contributed by atoms with Crippen molar-refractivity contribution in [1.29, 1.82) is 0 Å². The molecule has 0 amide bonds. The molecule has 0 spiro atoms. The molecule has 0 saturated carbocycles. The molecule has 1 aliphatic heterocycles. The van der Waals surface area contributed by atoms with E-state index < -0.39 is 12.0 Å². The van der Waals surface area contributed by atoms with Gasteiger partial charge in [-0.3, -0.25) is 9.69 Å². The Kier molecular flexibility index (Phi) is 5.23. The molecule has 4 heteroatoms. The highest BCUT2D eigenvalue weighted by Gasteiger charge is 2.20. The fourth-order valence-electron chi connectivity index (χ4n) is 2.82. The molecule has 1 atom stereocenters. The number of carboxylic acids is 1. The number of anilines is 1.